The second kappa shape index (κ2) is 11.0. The average Bonchev–Trinajstić information content (AvgIpc) is 2.88. The highest BCUT2D eigenvalue weighted by Crippen LogP contribution is 2.37. The first-order valence-corrected chi connectivity index (χ1v) is 11.9. The van der Waals surface area contributed by atoms with E-state index in [1.165, 1.54) is 12.1 Å². The highest BCUT2D eigenvalue weighted by molar-refractivity contribution is 6.08. The van der Waals surface area contributed by atoms with Gasteiger partial charge in [0.25, 0.3) is 0 Å². The van der Waals surface area contributed by atoms with Gasteiger partial charge < -0.3 is 4.74 Å². The van der Waals surface area contributed by atoms with Crippen molar-refractivity contribution in [3.05, 3.63) is 96.1 Å². The van der Waals surface area contributed by atoms with Crippen LogP contribution in [0.25, 0.3) is 27.8 Å². The van der Waals surface area contributed by atoms with E-state index in [4.69, 9.17) is 4.74 Å². The van der Waals surface area contributed by atoms with Crippen LogP contribution in [0.5, 0.6) is 5.75 Å². The Kier molecular flexibility index (Phi) is 7.79. The smallest absolute Gasteiger partial charge is 0.201 e. The maximum absolute atomic E-state index is 15.1. The zero-order chi connectivity index (χ0) is 24.9. The van der Waals surface area contributed by atoms with E-state index in [-0.39, 0.29) is 23.4 Å². The van der Waals surface area contributed by atoms with Gasteiger partial charge in [-0.15, -0.1) is 6.58 Å². The Morgan fingerprint density at radius 3 is 1.97 bits per heavy atom. The normalized spacial score (nSPS) is 15.5. The number of halogens is 4. The van der Waals surface area contributed by atoms with Crippen LogP contribution in [-0.2, 0) is 0 Å². The molecule has 1 atom stereocenters. The van der Waals surface area contributed by atoms with Gasteiger partial charge in [0, 0.05) is 16.7 Å². The molecule has 35 heavy (non-hydrogen) atoms. The van der Waals surface area contributed by atoms with Crippen LogP contribution in [0.1, 0.15) is 37.7 Å². The molecule has 0 fully saturated rings. The van der Waals surface area contributed by atoms with Crippen molar-refractivity contribution in [1.29, 1.82) is 0 Å². The lowest BCUT2D eigenvalue weighted by atomic mass is 9.83. The first-order chi connectivity index (χ1) is 16.9. The summed E-state index contributed by atoms with van der Waals surface area (Å²) in [6.07, 6.45) is 8.48. The predicted molar refractivity (Wildman–Crippen MR) is 136 cm³/mol. The van der Waals surface area contributed by atoms with Gasteiger partial charge in [-0.25, -0.2) is 13.2 Å². The minimum atomic E-state index is -1.05. The maximum Gasteiger partial charge on any atom is 0.201 e. The molecule has 4 rings (SSSR count). The molecular weight excluding hydrogens is 451 g/mol. The minimum absolute atomic E-state index is 0.0649. The van der Waals surface area contributed by atoms with Crippen LogP contribution < -0.4 is 4.74 Å². The Hall–Kier alpha value is -3.28. The van der Waals surface area contributed by atoms with E-state index in [0.717, 1.165) is 37.7 Å². The van der Waals surface area contributed by atoms with Crippen LogP contribution in [0.3, 0.4) is 0 Å². The maximum atomic E-state index is 15.1. The van der Waals surface area contributed by atoms with Crippen LogP contribution in [-0.4, -0.2) is 14.4 Å². The topological polar surface area (TPSA) is 9.23 Å². The van der Waals surface area contributed by atoms with Crippen molar-refractivity contribution in [2.75, 3.05) is 6.51 Å². The first kappa shape index (κ1) is 24.8. The molecule has 1 aliphatic rings. The second-order valence-electron chi connectivity index (χ2n) is 8.77. The Balaban J connectivity index is 1.57. The molecule has 0 saturated carbocycles. The standard InChI is InChI=1S/C29H27BF4O/c1-2-3-4-18-5-7-19(8-6-18)22-13-14-23(27(32)26(22)31)20-9-11-21(12-10-20)24-15-16-25(35-17-30)29(34)28(24)33/h2,7,9-16,18H,1,3-6,8,17,30H2. The summed E-state index contributed by atoms with van der Waals surface area (Å²) in [5.74, 6) is -3.44. The highest BCUT2D eigenvalue weighted by Gasteiger charge is 2.21. The summed E-state index contributed by atoms with van der Waals surface area (Å²) in [6, 6.07) is 12.3. The monoisotopic (exact) mass is 478 g/mol. The minimum Gasteiger partial charge on any atom is -0.500 e. The Morgan fingerprint density at radius 1 is 0.829 bits per heavy atom. The van der Waals surface area contributed by atoms with E-state index in [2.05, 4.69) is 6.58 Å². The van der Waals surface area contributed by atoms with Gasteiger partial charge >= 0.3 is 0 Å². The third kappa shape index (κ3) is 5.21. The van der Waals surface area contributed by atoms with E-state index in [1.54, 1.807) is 44.2 Å². The van der Waals surface area contributed by atoms with E-state index >= 15 is 8.78 Å². The Bertz CT molecular complexity index is 1250. The first-order valence-electron chi connectivity index (χ1n) is 11.9. The third-order valence-corrected chi connectivity index (χ3v) is 6.58. The van der Waals surface area contributed by atoms with Gasteiger partial charge in [-0.1, -0.05) is 48.6 Å². The quantitative estimate of drug-likeness (QED) is 0.183. The molecular formula is C29H27BF4O. The molecule has 180 valence electrons. The van der Waals surface area contributed by atoms with Crippen molar-refractivity contribution in [3.8, 4) is 28.0 Å². The van der Waals surface area contributed by atoms with Gasteiger partial charge in [0.05, 0.1) is 6.51 Å². The molecule has 0 spiro atoms. The van der Waals surface area contributed by atoms with Crippen LogP contribution in [0, 0.1) is 29.2 Å². The van der Waals surface area contributed by atoms with Crippen LogP contribution in [0.15, 0.2) is 67.3 Å². The molecule has 1 nitrogen and oxygen atoms in total. The van der Waals surface area contributed by atoms with Crippen molar-refractivity contribution in [1.82, 2.24) is 0 Å². The van der Waals surface area contributed by atoms with Gasteiger partial charge in [-0.2, -0.15) is 4.39 Å². The van der Waals surface area contributed by atoms with Gasteiger partial charge in [-0.05, 0) is 66.9 Å². The number of hydrogen-bond donors (Lipinski definition) is 0. The summed E-state index contributed by atoms with van der Waals surface area (Å²) in [5.41, 5.74) is 2.20. The van der Waals surface area contributed by atoms with Crippen LogP contribution >= 0.6 is 0 Å². The second-order valence-corrected chi connectivity index (χ2v) is 8.77. The number of hydrogen-bond acceptors (Lipinski definition) is 1. The average molecular weight is 478 g/mol. The molecule has 1 aliphatic carbocycles. The summed E-state index contributed by atoms with van der Waals surface area (Å²) in [6.45, 7) is 3.98. The van der Waals surface area contributed by atoms with Crippen molar-refractivity contribution >= 4 is 13.4 Å². The fourth-order valence-corrected chi connectivity index (χ4v) is 4.62. The molecule has 6 heteroatoms. The zero-order valence-corrected chi connectivity index (χ0v) is 19.7. The van der Waals surface area contributed by atoms with Gasteiger partial charge in [0.1, 0.15) is 0 Å². The van der Waals surface area contributed by atoms with Gasteiger partial charge in [0.15, 0.2) is 31.0 Å². The fraction of sp³-hybridized carbons (Fsp3) is 0.241. The summed E-state index contributed by atoms with van der Waals surface area (Å²) in [5, 5.41) is 0. The molecule has 0 amide bonds. The molecule has 0 bridgehead atoms. The van der Waals surface area contributed by atoms with Crippen LogP contribution in [0.4, 0.5) is 17.6 Å². The Labute approximate surface area is 204 Å². The molecule has 0 aliphatic heterocycles. The molecule has 0 N–H and O–H groups in total. The number of benzene rings is 3. The van der Waals surface area contributed by atoms with Crippen molar-refractivity contribution in [2.24, 2.45) is 5.92 Å². The highest BCUT2D eigenvalue weighted by atomic mass is 19.2. The van der Waals surface area contributed by atoms with E-state index in [0.29, 0.717) is 22.6 Å². The van der Waals surface area contributed by atoms with Gasteiger partial charge in [-0.3, -0.25) is 0 Å². The SMILES string of the molecule is BCOc1ccc(-c2ccc(-c3ccc(C4=CCC(CCC=C)CC4)c(F)c3F)cc2)c(F)c1F. The lowest BCUT2D eigenvalue weighted by molar-refractivity contribution is 0.352. The third-order valence-electron chi connectivity index (χ3n) is 6.58. The van der Waals surface area contributed by atoms with Crippen molar-refractivity contribution in [2.45, 2.75) is 32.1 Å². The molecule has 3 aromatic rings. The Morgan fingerprint density at radius 2 is 1.40 bits per heavy atom. The summed E-state index contributed by atoms with van der Waals surface area (Å²) < 4.78 is 64.0. The summed E-state index contributed by atoms with van der Waals surface area (Å²) >= 11 is 0. The number of rotatable bonds is 8. The fourth-order valence-electron chi connectivity index (χ4n) is 4.62. The molecule has 0 heterocycles. The zero-order valence-electron chi connectivity index (χ0n) is 19.7. The molecule has 3 aromatic carbocycles. The van der Waals surface area contributed by atoms with Crippen LogP contribution in [0.2, 0.25) is 0 Å². The van der Waals surface area contributed by atoms with Crippen molar-refractivity contribution in [3.63, 3.8) is 0 Å². The largest absolute Gasteiger partial charge is 0.500 e. The summed E-state index contributed by atoms with van der Waals surface area (Å²) in [4.78, 5) is 0. The van der Waals surface area contributed by atoms with E-state index in [9.17, 15) is 8.78 Å². The van der Waals surface area contributed by atoms with E-state index in [1.807, 2.05) is 12.2 Å². The van der Waals surface area contributed by atoms with Crippen molar-refractivity contribution < 1.29 is 22.3 Å². The lowest BCUT2D eigenvalue weighted by Crippen LogP contribution is -2.07. The number of ether oxygens (including phenoxy) is 1. The number of allylic oxidation sites excluding steroid dienone is 3. The molecule has 0 saturated heterocycles. The van der Waals surface area contributed by atoms with Gasteiger partial charge in [0.2, 0.25) is 5.82 Å². The molecule has 0 radical (unpaired) electrons. The predicted octanol–water partition coefficient (Wildman–Crippen LogP) is 7.70. The van der Waals surface area contributed by atoms with E-state index < -0.39 is 23.3 Å². The molecule has 0 aromatic heterocycles. The molecule has 1 unspecified atom stereocenters. The summed E-state index contributed by atoms with van der Waals surface area (Å²) in [7, 11) is 1.69. The lowest BCUT2D eigenvalue weighted by Gasteiger charge is -2.22.